The Labute approximate surface area is 142 Å². The summed E-state index contributed by atoms with van der Waals surface area (Å²) in [7, 11) is 1.81. The second-order valence-corrected chi connectivity index (χ2v) is 6.29. The zero-order chi connectivity index (χ0) is 17.9. The van der Waals surface area contributed by atoms with Crippen molar-refractivity contribution >= 4 is 11.9 Å². The Kier molecular flexibility index (Phi) is 5.59. The maximum absolute atomic E-state index is 12.7. The third-order valence-corrected chi connectivity index (χ3v) is 5.44. The van der Waals surface area contributed by atoms with E-state index in [1.807, 2.05) is 6.92 Å². The summed E-state index contributed by atoms with van der Waals surface area (Å²) in [6, 6.07) is 3.00. The molecule has 1 aromatic heterocycles. The summed E-state index contributed by atoms with van der Waals surface area (Å²) >= 11 is 0. The van der Waals surface area contributed by atoms with Crippen molar-refractivity contribution < 1.29 is 19.4 Å². The molecule has 2 atom stereocenters. The summed E-state index contributed by atoms with van der Waals surface area (Å²) < 4.78 is 5.87. The van der Waals surface area contributed by atoms with Gasteiger partial charge in [0.05, 0.1) is 11.7 Å². The molecular weight excluding hydrogens is 308 g/mol. The van der Waals surface area contributed by atoms with Gasteiger partial charge < -0.3 is 14.7 Å². The van der Waals surface area contributed by atoms with Gasteiger partial charge in [0, 0.05) is 31.3 Å². The molecule has 1 amide bonds. The van der Waals surface area contributed by atoms with E-state index < -0.39 is 5.97 Å². The number of hydrogen-bond donors (Lipinski definition) is 1. The van der Waals surface area contributed by atoms with E-state index in [0.29, 0.717) is 12.2 Å². The first kappa shape index (κ1) is 18.4. The molecule has 1 N–H and O–H groups in total. The van der Waals surface area contributed by atoms with Crippen LogP contribution in [0.15, 0.2) is 18.3 Å². The number of aromatic nitrogens is 1. The molecule has 0 aromatic carbocycles. The Balaban J connectivity index is 2.16. The third-order valence-electron chi connectivity index (χ3n) is 5.44. The van der Waals surface area contributed by atoms with E-state index >= 15 is 0 Å². The lowest BCUT2D eigenvalue weighted by molar-refractivity contribution is -0.159. The highest BCUT2D eigenvalue weighted by atomic mass is 16.5. The number of nitrogens with zero attached hydrogens (tertiary/aromatic N) is 2. The van der Waals surface area contributed by atoms with Crippen molar-refractivity contribution in [2.24, 2.45) is 5.41 Å². The molecule has 0 aliphatic heterocycles. The van der Waals surface area contributed by atoms with Gasteiger partial charge in [0.1, 0.15) is 5.69 Å². The van der Waals surface area contributed by atoms with Gasteiger partial charge in [-0.25, -0.2) is 9.78 Å². The number of pyridine rings is 1. The Hall–Kier alpha value is -1.95. The number of carboxylic acid groups (broad SMARTS) is 1. The molecule has 24 heavy (non-hydrogen) atoms. The van der Waals surface area contributed by atoms with E-state index in [0.717, 1.165) is 19.3 Å². The zero-order valence-corrected chi connectivity index (χ0v) is 14.8. The predicted octanol–water partition coefficient (Wildman–Crippen LogP) is 2.84. The van der Waals surface area contributed by atoms with Crippen LogP contribution in [0.3, 0.4) is 0 Å². The maximum Gasteiger partial charge on any atom is 0.354 e. The smallest absolute Gasteiger partial charge is 0.354 e. The van der Waals surface area contributed by atoms with E-state index in [1.165, 1.54) is 18.3 Å². The maximum atomic E-state index is 12.7. The molecule has 6 heteroatoms. The number of aromatic carboxylic acids is 1. The lowest BCUT2D eigenvalue weighted by Gasteiger charge is -2.58. The van der Waals surface area contributed by atoms with Gasteiger partial charge in [0.15, 0.2) is 0 Å². The van der Waals surface area contributed by atoms with Crippen LogP contribution < -0.4 is 0 Å². The van der Waals surface area contributed by atoms with Gasteiger partial charge in [-0.1, -0.05) is 13.8 Å². The summed E-state index contributed by atoms with van der Waals surface area (Å²) in [6.07, 6.45) is 4.25. The molecule has 2 unspecified atom stereocenters. The molecule has 0 radical (unpaired) electrons. The van der Waals surface area contributed by atoms with Crippen LogP contribution in [0.4, 0.5) is 0 Å². The highest BCUT2D eigenvalue weighted by Gasteiger charge is 2.55. The largest absolute Gasteiger partial charge is 0.477 e. The number of rotatable bonds is 7. The molecule has 1 heterocycles. The van der Waals surface area contributed by atoms with Crippen molar-refractivity contribution in [2.75, 3.05) is 13.7 Å². The van der Waals surface area contributed by atoms with Crippen LogP contribution in [0.25, 0.3) is 0 Å². The minimum absolute atomic E-state index is 0.0190. The first-order valence-corrected chi connectivity index (χ1v) is 8.49. The Morgan fingerprint density at radius 2 is 2.00 bits per heavy atom. The van der Waals surface area contributed by atoms with Gasteiger partial charge in [-0.3, -0.25) is 4.79 Å². The standard InChI is InChI=1S/C18H26N2O4/c1-5-18(6-2)14(10-15(18)24-7-3)20(4)16(21)12-8-9-13(17(22)23)19-11-12/h8-9,11,14-15H,5-7,10H2,1-4H3,(H,22,23). The summed E-state index contributed by atoms with van der Waals surface area (Å²) in [6.45, 7) is 6.96. The number of ether oxygens (including phenoxy) is 1. The first-order chi connectivity index (χ1) is 11.4. The van der Waals surface area contributed by atoms with Crippen LogP contribution in [0.5, 0.6) is 0 Å². The highest BCUT2D eigenvalue weighted by molar-refractivity contribution is 5.95. The van der Waals surface area contributed by atoms with Gasteiger partial charge in [-0.05, 0) is 38.3 Å². The topological polar surface area (TPSA) is 79.7 Å². The minimum atomic E-state index is -1.10. The Morgan fingerprint density at radius 1 is 1.33 bits per heavy atom. The summed E-state index contributed by atoms with van der Waals surface area (Å²) in [5.74, 6) is -1.23. The van der Waals surface area contributed by atoms with Crippen molar-refractivity contribution in [2.45, 2.75) is 52.2 Å². The Bertz CT molecular complexity index is 596. The van der Waals surface area contributed by atoms with Crippen molar-refractivity contribution in [3.8, 4) is 0 Å². The molecule has 1 saturated carbocycles. The second-order valence-electron chi connectivity index (χ2n) is 6.29. The molecule has 1 aromatic rings. The normalized spacial score (nSPS) is 21.8. The zero-order valence-electron chi connectivity index (χ0n) is 14.8. The van der Waals surface area contributed by atoms with Crippen molar-refractivity contribution in [1.29, 1.82) is 0 Å². The molecule has 1 fully saturated rings. The summed E-state index contributed by atoms with van der Waals surface area (Å²) in [5.41, 5.74) is 0.323. The SMILES string of the molecule is CCOC1CC(N(C)C(=O)c2ccc(C(=O)O)nc2)C1(CC)CC. The number of carboxylic acids is 1. The number of hydrogen-bond acceptors (Lipinski definition) is 4. The molecule has 6 nitrogen and oxygen atoms in total. The van der Waals surface area contributed by atoms with Crippen LogP contribution in [0.1, 0.15) is 60.9 Å². The average Bonchev–Trinajstić information content (AvgIpc) is 2.58. The van der Waals surface area contributed by atoms with Crippen LogP contribution in [-0.2, 0) is 4.74 Å². The van der Waals surface area contributed by atoms with Gasteiger partial charge in [0.25, 0.3) is 5.91 Å². The van der Waals surface area contributed by atoms with E-state index in [1.54, 1.807) is 11.9 Å². The fourth-order valence-electron chi connectivity index (χ4n) is 3.87. The molecule has 132 valence electrons. The molecule has 0 saturated heterocycles. The van der Waals surface area contributed by atoms with E-state index in [9.17, 15) is 9.59 Å². The number of amides is 1. The number of carbonyl (C=O) groups excluding carboxylic acids is 1. The second kappa shape index (κ2) is 7.30. The number of carbonyl (C=O) groups is 2. The van der Waals surface area contributed by atoms with Crippen LogP contribution in [-0.4, -0.2) is 52.7 Å². The quantitative estimate of drug-likeness (QED) is 0.829. The molecule has 0 spiro atoms. The lowest BCUT2D eigenvalue weighted by Crippen LogP contribution is -2.64. The van der Waals surface area contributed by atoms with Crippen LogP contribution in [0.2, 0.25) is 0 Å². The van der Waals surface area contributed by atoms with Gasteiger partial charge in [0.2, 0.25) is 0 Å². The van der Waals surface area contributed by atoms with Gasteiger partial charge >= 0.3 is 5.97 Å². The summed E-state index contributed by atoms with van der Waals surface area (Å²) in [4.78, 5) is 29.2. The van der Waals surface area contributed by atoms with Gasteiger partial charge in [-0.2, -0.15) is 0 Å². The van der Waals surface area contributed by atoms with Crippen molar-refractivity contribution in [3.05, 3.63) is 29.6 Å². The van der Waals surface area contributed by atoms with E-state index in [4.69, 9.17) is 9.84 Å². The molecule has 0 bridgehead atoms. The van der Waals surface area contributed by atoms with Crippen molar-refractivity contribution in [1.82, 2.24) is 9.88 Å². The van der Waals surface area contributed by atoms with Crippen LogP contribution >= 0.6 is 0 Å². The third kappa shape index (κ3) is 3.02. The van der Waals surface area contributed by atoms with E-state index in [2.05, 4.69) is 18.8 Å². The summed E-state index contributed by atoms with van der Waals surface area (Å²) in [5, 5.41) is 8.90. The predicted molar refractivity (Wildman–Crippen MR) is 90.1 cm³/mol. The monoisotopic (exact) mass is 334 g/mol. The first-order valence-electron chi connectivity index (χ1n) is 8.49. The fraction of sp³-hybridized carbons (Fsp3) is 0.611. The Morgan fingerprint density at radius 3 is 2.46 bits per heavy atom. The molecule has 2 rings (SSSR count). The fourth-order valence-corrected chi connectivity index (χ4v) is 3.87. The van der Waals surface area contributed by atoms with Crippen molar-refractivity contribution in [3.63, 3.8) is 0 Å². The van der Waals surface area contributed by atoms with Gasteiger partial charge in [-0.15, -0.1) is 0 Å². The highest BCUT2D eigenvalue weighted by Crippen LogP contribution is 2.51. The molecule has 1 aliphatic rings. The molecule has 1 aliphatic carbocycles. The average molecular weight is 334 g/mol. The lowest BCUT2D eigenvalue weighted by atomic mass is 9.58. The van der Waals surface area contributed by atoms with E-state index in [-0.39, 0.29) is 29.2 Å². The van der Waals surface area contributed by atoms with Crippen LogP contribution in [0, 0.1) is 5.41 Å². The molecular formula is C18H26N2O4. The minimum Gasteiger partial charge on any atom is -0.477 e.